The zero-order chi connectivity index (χ0) is 21.6. The molecule has 5 aliphatic carbocycles. The lowest BCUT2D eigenvalue weighted by Crippen LogP contribution is -2.38. The maximum Gasteiger partial charge on any atom is 0.0314 e. The zero-order valence-electron chi connectivity index (χ0n) is 19.3. The lowest BCUT2D eigenvalue weighted by Gasteiger charge is -2.47. The Morgan fingerprint density at radius 1 is 1.16 bits per heavy atom. The summed E-state index contributed by atoms with van der Waals surface area (Å²) in [6, 6.07) is 8.41. The largest absolute Gasteiger partial charge is 0.399 e. The summed E-state index contributed by atoms with van der Waals surface area (Å²) in [4.78, 5) is 0. The molecule has 0 radical (unpaired) electrons. The van der Waals surface area contributed by atoms with Crippen LogP contribution in [0.1, 0.15) is 57.9 Å². The molecule has 0 aromatic heterocycles. The molecule has 0 bridgehead atoms. The van der Waals surface area contributed by atoms with Gasteiger partial charge >= 0.3 is 0 Å². The van der Waals surface area contributed by atoms with Gasteiger partial charge in [-0.2, -0.15) is 0 Å². The van der Waals surface area contributed by atoms with Gasteiger partial charge in [0.1, 0.15) is 0 Å². The molecule has 162 valence electrons. The molecule has 1 nitrogen and oxygen atoms in total. The molecule has 0 amide bonds. The molecular weight excluding hydrogens is 374 g/mol. The van der Waals surface area contributed by atoms with Crippen molar-refractivity contribution in [2.24, 2.45) is 39.9 Å². The first-order chi connectivity index (χ1) is 14.8. The van der Waals surface area contributed by atoms with E-state index in [4.69, 9.17) is 5.73 Å². The van der Waals surface area contributed by atoms with E-state index in [9.17, 15) is 0 Å². The number of allylic oxidation sites excluding steroid dienone is 6. The number of hydrogen-bond donors (Lipinski definition) is 1. The van der Waals surface area contributed by atoms with Gasteiger partial charge in [-0.1, -0.05) is 68.5 Å². The van der Waals surface area contributed by atoms with E-state index in [1.807, 2.05) is 12.1 Å². The van der Waals surface area contributed by atoms with Crippen LogP contribution in [0, 0.1) is 39.9 Å². The van der Waals surface area contributed by atoms with E-state index in [2.05, 4.69) is 57.4 Å². The Kier molecular flexibility index (Phi) is 3.98. The van der Waals surface area contributed by atoms with Crippen LogP contribution in [0.4, 0.5) is 5.69 Å². The molecule has 5 aliphatic rings. The van der Waals surface area contributed by atoms with Crippen molar-refractivity contribution in [3.05, 3.63) is 77.9 Å². The Hall–Kier alpha value is -2.02. The van der Waals surface area contributed by atoms with Crippen molar-refractivity contribution in [2.75, 3.05) is 5.73 Å². The molecule has 6 unspecified atom stereocenters. The van der Waals surface area contributed by atoms with Crippen molar-refractivity contribution >= 4 is 5.69 Å². The molecule has 7 atom stereocenters. The average molecular weight is 412 g/mol. The topological polar surface area (TPSA) is 26.0 Å². The van der Waals surface area contributed by atoms with Crippen molar-refractivity contribution < 1.29 is 0 Å². The van der Waals surface area contributed by atoms with Crippen molar-refractivity contribution in [2.45, 2.75) is 58.8 Å². The van der Waals surface area contributed by atoms with E-state index >= 15 is 0 Å². The fourth-order valence-electron chi connectivity index (χ4n) is 9.58. The van der Waals surface area contributed by atoms with E-state index in [1.165, 1.54) is 48.8 Å². The molecule has 2 N–H and O–H groups in total. The second-order valence-corrected chi connectivity index (χ2v) is 11.6. The first kappa shape index (κ1) is 19.6. The fraction of sp³-hybridized carbons (Fsp3) is 0.533. The number of aryl methyl sites for hydroxylation is 1. The van der Waals surface area contributed by atoms with Crippen LogP contribution in [0.5, 0.6) is 0 Å². The van der Waals surface area contributed by atoms with Crippen molar-refractivity contribution in [1.29, 1.82) is 0 Å². The van der Waals surface area contributed by atoms with E-state index in [1.54, 1.807) is 5.57 Å². The van der Waals surface area contributed by atoms with Gasteiger partial charge in [0.15, 0.2) is 0 Å². The molecule has 4 saturated carbocycles. The molecule has 0 heterocycles. The summed E-state index contributed by atoms with van der Waals surface area (Å²) < 4.78 is 0. The number of rotatable bonds is 4. The fourth-order valence-corrected chi connectivity index (χ4v) is 9.58. The molecule has 1 aromatic carbocycles. The number of hydrogen-bond acceptors (Lipinski definition) is 1. The number of nitrogen functional groups attached to an aromatic ring is 1. The van der Waals surface area contributed by atoms with Crippen LogP contribution >= 0.6 is 0 Å². The standard InChI is InChI=1S/C30H37N/c1-19-11-14-28(4)26(17-19)21(3)18-27-29-15-12-24(25(29)13-16-30(27,28)29)20(2)5-6-22-7-9-23(31)10-8-22/h7-11,14,17,21,24-25,27H,1-2,5-6,12-13,15-16,18,31H2,3-4H3/t21-,24?,25?,27?,28?,29?,30?/m0/s1. The van der Waals surface area contributed by atoms with Crippen molar-refractivity contribution in [3.63, 3.8) is 0 Å². The Morgan fingerprint density at radius 3 is 2.71 bits per heavy atom. The SMILES string of the molecule is C=C1C=CC2(C)C(=C1)[C@@H](C)CC1C34CCC(C(=C)CCc5ccc(N)cc5)C3CCC124. The predicted octanol–water partition coefficient (Wildman–Crippen LogP) is 7.28. The van der Waals surface area contributed by atoms with E-state index < -0.39 is 0 Å². The Bertz CT molecular complexity index is 1020. The van der Waals surface area contributed by atoms with E-state index in [0.29, 0.717) is 16.7 Å². The minimum absolute atomic E-state index is 0.242. The minimum atomic E-state index is 0.242. The highest BCUT2D eigenvalue weighted by atomic mass is 14.9. The van der Waals surface area contributed by atoms with Gasteiger partial charge in [0.2, 0.25) is 0 Å². The first-order valence-electron chi connectivity index (χ1n) is 12.5. The highest BCUT2D eigenvalue weighted by Crippen LogP contribution is 2.94. The summed E-state index contributed by atoms with van der Waals surface area (Å²) in [5.74, 6) is 3.20. The van der Waals surface area contributed by atoms with Crippen LogP contribution in [0.2, 0.25) is 0 Å². The maximum absolute atomic E-state index is 5.86. The third-order valence-electron chi connectivity index (χ3n) is 10.7. The van der Waals surface area contributed by atoms with Gasteiger partial charge in [-0.15, -0.1) is 0 Å². The third kappa shape index (κ3) is 2.28. The van der Waals surface area contributed by atoms with Gasteiger partial charge in [0, 0.05) is 11.1 Å². The van der Waals surface area contributed by atoms with Crippen LogP contribution in [-0.4, -0.2) is 0 Å². The van der Waals surface area contributed by atoms with Gasteiger partial charge in [-0.25, -0.2) is 0 Å². The summed E-state index contributed by atoms with van der Waals surface area (Å²) in [6.45, 7) is 14.0. The van der Waals surface area contributed by atoms with Gasteiger partial charge in [0.05, 0.1) is 0 Å². The lowest BCUT2D eigenvalue weighted by molar-refractivity contribution is 0.168. The highest BCUT2D eigenvalue weighted by molar-refractivity contribution is 5.52. The summed E-state index contributed by atoms with van der Waals surface area (Å²) in [6.07, 6.45) is 16.5. The van der Waals surface area contributed by atoms with Gasteiger partial charge in [-0.3, -0.25) is 0 Å². The zero-order valence-corrected chi connectivity index (χ0v) is 19.3. The first-order valence-corrected chi connectivity index (χ1v) is 12.5. The van der Waals surface area contributed by atoms with Gasteiger partial charge in [-0.05, 0) is 103 Å². The highest BCUT2D eigenvalue weighted by Gasteiger charge is 2.88. The average Bonchev–Trinajstić information content (AvgIpc) is 3.03. The molecule has 0 saturated heterocycles. The van der Waals surface area contributed by atoms with E-state index in [-0.39, 0.29) is 5.41 Å². The van der Waals surface area contributed by atoms with Crippen molar-refractivity contribution in [1.82, 2.24) is 0 Å². The number of benzene rings is 1. The van der Waals surface area contributed by atoms with Crippen LogP contribution in [0.25, 0.3) is 0 Å². The second-order valence-electron chi connectivity index (χ2n) is 11.6. The molecular formula is C30H37N. The molecule has 1 heteroatoms. The normalized spacial score (nSPS) is 44.2. The van der Waals surface area contributed by atoms with Crippen molar-refractivity contribution in [3.8, 4) is 0 Å². The minimum Gasteiger partial charge on any atom is -0.399 e. The van der Waals surface area contributed by atoms with Gasteiger partial charge < -0.3 is 5.73 Å². The Balaban J connectivity index is 1.26. The summed E-state index contributed by atoms with van der Waals surface area (Å²) in [7, 11) is 0. The number of anilines is 1. The van der Waals surface area contributed by atoms with Crippen LogP contribution in [0.15, 0.2) is 72.4 Å². The molecule has 6 rings (SSSR count). The van der Waals surface area contributed by atoms with E-state index in [0.717, 1.165) is 36.3 Å². The second kappa shape index (κ2) is 6.27. The summed E-state index contributed by atoms with van der Waals surface area (Å²) in [5.41, 5.74) is 13.8. The van der Waals surface area contributed by atoms with Gasteiger partial charge in [0.25, 0.3) is 0 Å². The number of fused-ring (bicyclic) bond motifs is 1. The summed E-state index contributed by atoms with van der Waals surface area (Å²) >= 11 is 0. The quantitative estimate of drug-likeness (QED) is 0.409. The van der Waals surface area contributed by atoms with Crippen LogP contribution in [-0.2, 0) is 6.42 Å². The predicted molar refractivity (Wildman–Crippen MR) is 130 cm³/mol. The molecule has 1 aromatic rings. The molecule has 0 aliphatic heterocycles. The lowest BCUT2D eigenvalue weighted by atomic mass is 9.57. The monoisotopic (exact) mass is 411 g/mol. The third-order valence-corrected chi connectivity index (χ3v) is 10.7. The molecule has 31 heavy (non-hydrogen) atoms. The Morgan fingerprint density at radius 2 is 1.94 bits per heavy atom. The summed E-state index contributed by atoms with van der Waals surface area (Å²) in [5, 5.41) is 0. The molecule has 4 fully saturated rings. The Labute approximate surface area is 188 Å². The molecule has 2 spiro atoms. The smallest absolute Gasteiger partial charge is 0.0314 e. The maximum atomic E-state index is 5.86. The number of nitrogens with two attached hydrogens (primary N) is 1. The van der Waals surface area contributed by atoms with Crippen LogP contribution in [0.3, 0.4) is 0 Å². The van der Waals surface area contributed by atoms with Crippen LogP contribution < -0.4 is 5.73 Å².